The molecule has 6 heterocycles. The number of benzene rings is 1. The standard InChI is InChI=1S/C32H35ClFN7O3.CH4O/c1-18-14-32(7-3-9-41(32)16-18)17-44-31-37-28-25(29(38-31)40-8-4-11-43-12-10-40)30(42-2)36-27(26(28)34)24-20-15-35-39-22(20)13-21(33)23(24)19-5-6-19;1-2/h13,15,19H,1,3-12,14,16-17H2,2H3,(H,35,39);2H,1H3. The predicted octanol–water partition coefficient (Wildman–Crippen LogP) is 5.26. The van der Waals surface area contributed by atoms with Gasteiger partial charge in [-0.2, -0.15) is 15.1 Å². The molecule has 1 aliphatic carbocycles. The lowest BCUT2D eigenvalue weighted by Crippen LogP contribution is -2.43. The molecule has 4 fully saturated rings. The maximum atomic E-state index is 17.1. The molecular formula is C33H39ClFN7O4. The summed E-state index contributed by atoms with van der Waals surface area (Å²) in [6.45, 7) is 9.01. The quantitative estimate of drug-likeness (QED) is 0.256. The Morgan fingerprint density at radius 1 is 1.17 bits per heavy atom. The fourth-order valence-corrected chi connectivity index (χ4v) is 7.77. The number of pyridine rings is 1. The summed E-state index contributed by atoms with van der Waals surface area (Å²) in [5, 5.41) is 15.9. The molecule has 0 amide bonds. The number of nitrogens with zero attached hydrogens (tertiary/aromatic N) is 6. The van der Waals surface area contributed by atoms with Crippen LogP contribution in [0.25, 0.3) is 33.1 Å². The number of H-pyrrole nitrogens is 1. The number of aromatic amines is 1. The van der Waals surface area contributed by atoms with Crippen molar-refractivity contribution in [2.45, 2.75) is 50.0 Å². The molecule has 0 bridgehead atoms. The van der Waals surface area contributed by atoms with E-state index in [0.717, 1.165) is 69.7 Å². The summed E-state index contributed by atoms with van der Waals surface area (Å²) in [6, 6.07) is 1.99. The summed E-state index contributed by atoms with van der Waals surface area (Å²) in [5.41, 5.74) is 3.54. The lowest BCUT2D eigenvalue weighted by atomic mass is 9.94. The Hall–Kier alpha value is -3.58. The highest BCUT2D eigenvalue weighted by Crippen LogP contribution is 2.51. The highest BCUT2D eigenvalue weighted by molar-refractivity contribution is 6.33. The van der Waals surface area contributed by atoms with E-state index in [0.29, 0.717) is 60.2 Å². The smallest absolute Gasteiger partial charge is 0.319 e. The van der Waals surface area contributed by atoms with Gasteiger partial charge >= 0.3 is 6.01 Å². The van der Waals surface area contributed by atoms with Crippen LogP contribution < -0.4 is 14.4 Å². The van der Waals surface area contributed by atoms with E-state index in [4.69, 9.17) is 45.9 Å². The van der Waals surface area contributed by atoms with Gasteiger partial charge in [-0.1, -0.05) is 23.8 Å². The number of hydrogen-bond donors (Lipinski definition) is 2. The van der Waals surface area contributed by atoms with Crippen molar-refractivity contribution in [3.8, 4) is 23.1 Å². The number of aliphatic hydroxyl groups excluding tert-OH is 1. The molecule has 4 aromatic rings. The van der Waals surface area contributed by atoms with Gasteiger partial charge in [-0.3, -0.25) is 10.00 Å². The highest BCUT2D eigenvalue weighted by Gasteiger charge is 2.46. The third-order valence-corrected chi connectivity index (χ3v) is 9.90. The summed E-state index contributed by atoms with van der Waals surface area (Å²) in [4.78, 5) is 19.0. The van der Waals surface area contributed by atoms with Crippen molar-refractivity contribution in [3.63, 3.8) is 0 Å². The van der Waals surface area contributed by atoms with Gasteiger partial charge in [0.25, 0.3) is 0 Å². The summed E-state index contributed by atoms with van der Waals surface area (Å²) >= 11 is 6.82. The molecule has 3 aliphatic heterocycles. The molecule has 11 nitrogen and oxygen atoms in total. The fraction of sp³-hybridized carbons (Fsp3) is 0.515. The van der Waals surface area contributed by atoms with Gasteiger partial charge in [0.05, 0.1) is 31.0 Å². The van der Waals surface area contributed by atoms with Gasteiger partial charge in [-0.05, 0) is 62.6 Å². The first-order chi connectivity index (χ1) is 22.5. The van der Waals surface area contributed by atoms with Gasteiger partial charge < -0.3 is 24.2 Å². The van der Waals surface area contributed by atoms with Gasteiger partial charge in [-0.15, -0.1) is 0 Å². The third-order valence-electron chi connectivity index (χ3n) is 9.59. The van der Waals surface area contributed by atoms with Crippen LogP contribution in [0, 0.1) is 5.82 Å². The second-order valence-corrected chi connectivity index (χ2v) is 12.9. The lowest BCUT2D eigenvalue weighted by Gasteiger charge is -2.31. The Morgan fingerprint density at radius 2 is 2.02 bits per heavy atom. The first kappa shape index (κ1) is 31.0. The second kappa shape index (κ2) is 12.6. The molecule has 46 heavy (non-hydrogen) atoms. The third kappa shape index (κ3) is 5.34. The number of halogens is 2. The van der Waals surface area contributed by atoms with Gasteiger partial charge in [-0.25, -0.2) is 9.37 Å². The SMILES string of the molecule is C=C1CN2CCCC2(COc2nc(N3CCCOCC3)c3c(OC)nc(-c4c(C5CC5)c(Cl)cc5[nH]ncc45)c(F)c3n2)C1.CO. The predicted molar refractivity (Wildman–Crippen MR) is 174 cm³/mol. The molecule has 2 N–H and O–H groups in total. The number of anilines is 1. The fourth-order valence-electron chi connectivity index (χ4n) is 7.41. The summed E-state index contributed by atoms with van der Waals surface area (Å²) < 4.78 is 35.1. The van der Waals surface area contributed by atoms with E-state index in [2.05, 4.69) is 26.6 Å². The summed E-state index contributed by atoms with van der Waals surface area (Å²) in [7, 11) is 2.54. The van der Waals surface area contributed by atoms with Crippen molar-refractivity contribution in [3.05, 3.63) is 40.8 Å². The summed E-state index contributed by atoms with van der Waals surface area (Å²) in [6.07, 6.45) is 7.48. The molecule has 244 valence electrons. The lowest BCUT2D eigenvalue weighted by molar-refractivity contribution is 0.108. The van der Waals surface area contributed by atoms with Crippen LogP contribution in [0.15, 0.2) is 24.4 Å². The Balaban J connectivity index is 0.00000166. The van der Waals surface area contributed by atoms with E-state index < -0.39 is 5.82 Å². The zero-order chi connectivity index (χ0) is 32.0. The molecule has 1 aromatic carbocycles. The van der Waals surface area contributed by atoms with Crippen LogP contribution in [0.2, 0.25) is 5.02 Å². The molecule has 1 unspecified atom stereocenters. The van der Waals surface area contributed by atoms with Gasteiger partial charge in [0.2, 0.25) is 5.88 Å². The maximum Gasteiger partial charge on any atom is 0.319 e. The minimum atomic E-state index is -0.568. The van der Waals surface area contributed by atoms with Crippen molar-refractivity contribution in [2.24, 2.45) is 0 Å². The number of aromatic nitrogens is 5. The molecule has 0 spiro atoms. The summed E-state index contributed by atoms with van der Waals surface area (Å²) in [5.74, 6) is 0.436. The van der Waals surface area contributed by atoms with E-state index >= 15 is 4.39 Å². The molecule has 0 radical (unpaired) electrons. The number of ether oxygens (including phenoxy) is 3. The van der Waals surface area contributed by atoms with Gasteiger partial charge in [0.15, 0.2) is 5.82 Å². The van der Waals surface area contributed by atoms with Crippen molar-refractivity contribution in [1.29, 1.82) is 0 Å². The zero-order valence-corrected chi connectivity index (χ0v) is 27.0. The Kier molecular flexibility index (Phi) is 8.47. The average Bonchev–Trinajstić information content (AvgIpc) is 3.66. The number of fused-ring (bicyclic) bond motifs is 3. The van der Waals surface area contributed by atoms with Crippen LogP contribution in [0.3, 0.4) is 0 Å². The normalized spacial score (nSPS) is 21.8. The van der Waals surface area contributed by atoms with E-state index in [1.807, 2.05) is 6.07 Å². The van der Waals surface area contributed by atoms with E-state index in [1.165, 1.54) is 12.7 Å². The van der Waals surface area contributed by atoms with Gasteiger partial charge in [0.1, 0.15) is 29.0 Å². The molecule has 3 aromatic heterocycles. The van der Waals surface area contributed by atoms with Crippen LogP contribution in [-0.2, 0) is 4.74 Å². The Labute approximate surface area is 271 Å². The number of aliphatic hydroxyl groups is 1. The largest absolute Gasteiger partial charge is 0.480 e. The molecule has 1 atom stereocenters. The molecule has 8 rings (SSSR count). The molecular weight excluding hydrogens is 613 g/mol. The minimum absolute atomic E-state index is 0.104. The van der Waals surface area contributed by atoms with Crippen LogP contribution in [-0.4, -0.2) is 101 Å². The first-order valence-corrected chi connectivity index (χ1v) is 16.3. The average molecular weight is 652 g/mol. The van der Waals surface area contributed by atoms with Gasteiger partial charge in [0, 0.05) is 49.3 Å². The molecule has 1 saturated carbocycles. The van der Waals surface area contributed by atoms with Crippen LogP contribution in [0.4, 0.5) is 10.2 Å². The van der Waals surface area contributed by atoms with E-state index in [9.17, 15) is 0 Å². The zero-order valence-electron chi connectivity index (χ0n) is 26.2. The molecule has 3 saturated heterocycles. The number of hydrogen-bond acceptors (Lipinski definition) is 10. The topological polar surface area (TPSA) is 122 Å². The monoisotopic (exact) mass is 651 g/mol. The van der Waals surface area contributed by atoms with E-state index in [1.54, 1.807) is 6.20 Å². The van der Waals surface area contributed by atoms with Crippen molar-refractivity contribution < 1.29 is 23.7 Å². The first-order valence-electron chi connectivity index (χ1n) is 15.9. The van der Waals surface area contributed by atoms with Crippen molar-refractivity contribution in [2.75, 3.05) is 65.1 Å². The van der Waals surface area contributed by atoms with Crippen molar-refractivity contribution >= 4 is 39.2 Å². The number of methoxy groups -OCH3 is 1. The van der Waals surface area contributed by atoms with Crippen LogP contribution in [0.1, 0.15) is 50.0 Å². The Morgan fingerprint density at radius 3 is 2.83 bits per heavy atom. The maximum absolute atomic E-state index is 17.1. The van der Waals surface area contributed by atoms with Crippen LogP contribution >= 0.6 is 11.6 Å². The highest BCUT2D eigenvalue weighted by atomic mass is 35.5. The number of rotatable bonds is 7. The second-order valence-electron chi connectivity index (χ2n) is 12.5. The van der Waals surface area contributed by atoms with Crippen LogP contribution in [0.5, 0.6) is 11.9 Å². The minimum Gasteiger partial charge on any atom is -0.480 e. The molecule has 4 aliphatic rings. The number of nitrogens with one attached hydrogen (secondary N) is 1. The van der Waals surface area contributed by atoms with Crippen molar-refractivity contribution in [1.82, 2.24) is 30.0 Å². The Bertz CT molecular complexity index is 1790. The molecule has 13 heteroatoms. The van der Waals surface area contributed by atoms with E-state index in [-0.39, 0.29) is 34.6 Å².